The molecule has 0 unspecified atom stereocenters. The molecule has 1 aromatic carbocycles. The molecule has 0 saturated carbocycles. The number of thiocarbonyl (C=S) groups is 2. The van der Waals surface area contributed by atoms with Gasteiger partial charge in [0.1, 0.15) is 8.64 Å². The first-order valence-electron chi connectivity index (χ1n) is 54.8. The van der Waals surface area contributed by atoms with Crippen LogP contribution in [0.3, 0.4) is 0 Å². The number of fused-ring (bicyclic) bond motifs is 2. The van der Waals surface area contributed by atoms with Crippen molar-refractivity contribution in [2.24, 2.45) is 0 Å². The molecule has 2 saturated heterocycles. The molecule has 22 heteroatoms. The maximum atomic E-state index is 13.8. The van der Waals surface area contributed by atoms with Crippen molar-refractivity contribution in [3.05, 3.63) is 115 Å². The topological polar surface area (TPSA) is 40.6 Å². The Bertz CT molecular complexity index is 5220. The van der Waals surface area contributed by atoms with E-state index in [2.05, 4.69) is 255 Å². The second kappa shape index (κ2) is 62.9. The zero-order chi connectivity index (χ0) is 98.2. The third-order valence-electron chi connectivity index (χ3n) is 27.2. The van der Waals surface area contributed by atoms with Crippen LogP contribution in [0.2, 0.25) is 0 Å². The summed E-state index contributed by atoms with van der Waals surface area (Å²) in [7, 11) is 0. The van der Waals surface area contributed by atoms with Gasteiger partial charge in [-0.25, -0.2) is 0 Å². The molecule has 12 heterocycles. The van der Waals surface area contributed by atoms with Crippen molar-refractivity contribution in [3.8, 4) is 79.4 Å². The molecule has 0 spiro atoms. The van der Waals surface area contributed by atoms with Crippen LogP contribution in [0.25, 0.3) is 112 Å². The minimum atomic E-state index is 0.0364. The molecule has 140 heavy (non-hydrogen) atoms. The number of amides is 2. The van der Waals surface area contributed by atoms with E-state index in [-0.39, 0.29) is 11.8 Å². The molecule has 0 bridgehead atoms. The van der Waals surface area contributed by atoms with E-state index in [1.165, 1.54) is 472 Å². The zero-order valence-corrected chi connectivity index (χ0v) is 101. The minimum absolute atomic E-state index is 0.0364. The van der Waals surface area contributed by atoms with Crippen molar-refractivity contribution in [1.82, 2.24) is 9.80 Å². The van der Waals surface area contributed by atoms with E-state index < -0.39 is 0 Å². The number of likely N-dealkylation sites (N-methyl/N-ethyl adjacent to an activating group) is 2. The number of benzene rings is 1. The molecule has 0 atom stereocenters. The lowest BCUT2D eigenvalue weighted by Gasteiger charge is -2.09. The SMILES string of the molecule is CCCCCCCCSc1cc(-c2c3cc(-c4cc(CCCCCCCC)c(-c5ccc(-c6sc(/C=C7\SC(=S)N(CC)C7=O)cc6CCCCCCCC)s5)s4)sc3c(-c3cc(SCCCCCCCC)c(SCCCCCCCC)s3)c3cc(-c4cc(CCCCCCCC)c(-c5ccc(-c6sc(/C=C7\SC(=S)N(CC)C7=O)cc6CCCCCCCC)s5)s4)sc23)sc1SCCCCCCCC. The number of carbonyl (C=O) groups excluding carboxylic acids is 2. The molecule has 762 valence electrons. The first kappa shape index (κ1) is 115. The normalized spacial score (nSPS) is 13.8. The van der Waals surface area contributed by atoms with E-state index in [0.29, 0.717) is 21.7 Å². The van der Waals surface area contributed by atoms with Gasteiger partial charge in [0, 0.05) is 132 Å². The monoisotopic (exact) mass is 2210 g/mol. The van der Waals surface area contributed by atoms with E-state index in [1.807, 2.05) is 59.2 Å². The molecule has 2 fully saturated rings. The van der Waals surface area contributed by atoms with Crippen LogP contribution in [0.4, 0.5) is 0 Å². The van der Waals surface area contributed by atoms with Crippen LogP contribution in [-0.2, 0) is 35.3 Å². The van der Waals surface area contributed by atoms with Gasteiger partial charge in [-0.15, -0.1) is 160 Å². The summed E-state index contributed by atoms with van der Waals surface area (Å²) in [6.07, 6.45) is 70.2. The minimum Gasteiger partial charge on any atom is -0.293 e. The number of hydrogen-bond donors (Lipinski definition) is 0. The Morgan fingerprint density at radius 2 is 0.529 bits per heavy atom. The van der Waals surface area contributed by atoms with Crippen LogP contribution in [0.15, 0.2) is 101 Å². The Kier molecular flexibility index (Phi) is 51.5. The zero-order valence-electron chi connectivity index (χ0n) is 86.2. The Labute approximate surface area is 921 Å². The van der Waals surface area contributed by atoms with E-state index in [4.69, 9.17) is 24.4 Å². The first-order valence-corrected chi connectivity index (χ1v) is 69.4. The summed E-state index contributed by atoms with van der Waals surface area (Å²) in [5.74, 6) is 4.71. The summed E-state index contributed by atoms with van der Waals surface area (Å²) >= 11 is 43.5. The molecule has 0 aliphatic carbocycles. The lowest BCUT2D eigenvalue weighted by atomic mass is 9.99. The van der Waals surface area contributed by atoms with Crippen LogP contribution in [-0.4, -0.2) is 66.4 Å². The first-order chi connectivity index (χ1) is 68.7. The Morgan fingerprint density at radius 3 is 0.821 bits per heavy atom. The van der Waals surface area contributed by atoms with Crippen molar-refractivity contribution in [2.45, 2.75) is 421 Å². The highest BCUT2D eigenvalue weighted by Gasteiger charge is 2.35. The molecular weight excluding hydrogens is 2050 g/mol. The number of thioether (sulfide) groups is 6. The van der Waals surface area contributed by atoms with Crippen LogP contribution in [0.1, 0.15) is 409 Å². The summed E-state index contributed by atoms with van der Waals surface area (Å²) in [5, 5.41) is 2.86. The predicted octanol–water partition coefficient (Wildman–Crippen LogP) is 45.8. The van der Waals surface area contributed by atoms with Gasteiger partial charge in [-0.1, -0.05) is 360 Å². The van der Waals surface area contributed by atoms with Gasteiger partial charge in [0.15, 0.2) is 0 Å². The fraction of sp³-hybridized carbons (Fsp3) is 0.576. The molecule has 11 aromatic rings. The second-order valence-electron chi connectivity index (χ2n) is 38.6. The van der Waals surface area contributed by atoms with Crippen LogP contribution < -0.4 is 0 Å². The van der Waals surface area contributed by atoms with Gasteiger partial charge in [0.2, 0.25) is 0 Å². The van der Waals surface area contributed by atoms with Crippen molar-refractivity contribution in [3.63, 3.8) is 0 Å². The summed E-state index contributed by atoms with van der Waals surface area (Å²) in [4.78, 5) is 57.5. The van der Waals surface area contributed by atoms with Gasteiger partial charge in [-0.2, -0.15) is 0 Å². The predicted molar refractivity (Wildman–Crippen MR) is 660 cm³/mol. The number of thiophene rings is 10. The number of aryl methyl sites for hydroxylation is 4. The van der Waals surface area contributed by atoms with Crippen molar-refractivity contribution in [2.75, 3.05) is 36.1 Å². The number of nitrogens with zero attached hydrogens (tertiary/aromatic N) is 2. The number of rotatable bonds is 72. The van der Waals surface area contributed by atoms with Crippen molar-refractivity contribution in [1.29, 1.82) is 0 Å². The van der Waals surface area contributed by atoms with Crippen molar-refractivity contribution < 1.29 is 9.59 Å². The summed E-state index contributed by atoms with van der Waals surface area (Å²) in [5.41, 5.74) is 8.74. The average Bonchev–Trinajstić information content (AvgIpc) is 1.55. The summed E-state index contributed by atoms with van der Waals surface area (Å²) in [6.45, 7) is 23.9. The third-order valence-corrected chi connectivity index (χ3v) is 48.0. The van der Waals surface area contributed by atoms with Gasteiger partial charge < -0.3 is 0 Å². The van der Waals surface area contributed by atoms with Crippen LogP contribution in [0.5, 0.6) is 0 Å². The van der Waals surface area contributed by atoms with E-state index >= 15 is 0 Å². The molecule has 0 radical (unpaired) electrons. The number of carbonyl (C=O) groups is 2. The lowest BCUT2D eigenvalue weighted by Crippen LogP contribution is -2.27. The quantitative estimate of drug-likeness (QED) is 0.0159. The van der Waals surface area contributed by atoms with E-state index in [0.717, 1.165) is 68.3 Å². The fourth-order valence-electron chi connectivity index (χ4n) is 19.2. The van der Waals surface area contributed by atoms with Gasteiger partial charge >= 0.3 is 0 Å². The van der Waals surface area contributed by atoms with Crippen molar-refractivity contribution >= 4 is 261 Å². The van der Waals surface area contributed by atoms with E-state index in [1.54, 1.807) is 9.80 Å². The van der Waals surface area contributed by atoms with Gasteiger partial charge in [0.05, 0.1) is 18.2 Å². The molecule has 0 N–H and O–H groups in total. The Balaban J connectivity index is 1.01. The highest BCUT2D eigenvalue weighted by atomic mass is 32.2. The lowest BCUT2D eigenvalue weighted by molar-refractivity contribution is -0.122. The molecule has 4 nitrogen and oxygen atoms in total. The second-order valence-corrected chi connectivity index (χ2v) is 57.6. The van der Waals surface area contributed by atoms with Gasteiger partial charge in [0.25, 0.3) is 11.8 Å². The Hall–Kier alpha value is -2.56. The van der Waals surface area contributed by atoms with Crippen LogP contribution >= 0.6 is 208 Å². The largest absolute Gasteiger partial charge is 0.293 e. The molecular formula is C118H160N2O2S18. The summed E-state index contributed by atoms with van der Waals surface area (Å²) in [6, 6.07) is 31.0. The maximum Gasteiger partial charge on any atom is 0.266 e. The molecule has 2 aliphatic heterocycles. The molecule has 2 amide bonds. The standard InChI is InChI=1S/C118H160N2O2S18/c1-11-21-29-37-45-53-61-83-73-87(77-101-113(121)119(19-9)117(123)139-101)129-107(83)91-65-67-93(131-91)109-85(63-55-47-39-31-23-13-3)75-95(133-109)97-79-89-105(99-81-103(125-69-57-49-41-33-25-15-5)115(137-99)127-71-59-51-43-35-27-17-7)112-90(106(111(89)135-97)100-82-104(126-70-58-50-42-34-26-16-6)116(138-100)128-72-60-52-44-36-28-18-8)80-98(136-112)96-76-86(64-56-48-40-32-24-14-4)110(134-96)94-68-66-92(132-94)108-84(62-54-46-38-30-22-12-2)74-88(130-108)78-102-114(122)120(20-10)118(124)140-102/h65-68,73-82H,11-64,69-72H2,1-10H3/b101-77-,102-78-. The molecule has 10 aromatic heterocycles. The van der Waals surface area contributed by atoms with Crippen LogP contribution in [0, 0.1) is 0 Å². The maximum absolute atomic E-state index is 13.8. The smallest absolute Gasteiger partial charge is 0.266 e. The van der Waals surface area contributed by atoms with E-state index in [9.17, 15) is 9.59 Å². The Morgan fingerprint density at radius 1 is 0.264 bits per heavy atom. The molecule has 2 aliphatic rings. The molecule has 13 rings (SSSR count). The summed E-state index contributed by atoms with van der Waals surface area (Å²) < 4.78 is 7.27. The highest BCUT2D eigenvalue weighted by Crippen LogP contribution is 2.60. The fourth-order valence-corrected chi connectivity index (χ4v) is 40.0. The van der Waals surface area contributed by atoms with Gasteiger partial charge in [-0.05, 0) is 221 Å². The number of hydrogen-bond acceptors (Lipinski definition) is 20. The number of unbranched alkanes of at least 4 members (excludes halogenated alkanes) is 40. The highest BCUT2D eigenvalue weighted by molar-refractivity contribution is 8.27. The average molecular weight is 2220 g/mol. The third kappa shape index (κ3) is 33.2. The van der Waals surface area contributed by atoms with Gasteiger partial charge in [-0.3, -0.25) is 19.4 Å².